The van der Waals surface area contributed by atoms with Crippen LogP contribution in [0.25, 0.3) is 0 Å². The predicted octanol–water partition coefficient (Wildman–Crippen LogP) is 2.09. The molecule has 1 aromatic heterocycles. The minimum atomic E-state index is -0.607. The van der Waals surface area contributed by atoms with Gasteiger partial charge in [0.25, 0.3) is 5.88 Å². The summed E-state index contributed by atoms with van der Waals surface area (Å²) in [4.78, 5) is 21.7. The lowest BCUT2D eigenvalue weighted by molar-refractivity contribution is -0.117. The summed E-state index contributed by atoms with van der Waals surface area (Å²) in [6.07, 6.45) is 1.52. The first-order valence-electron chi connectivity index (χ1n) is 7.33. The lowest BCUT2D eigenvalue weighted by Crippen LogP contribution is -2.25. The first kappa shape index (κ1) is 15.2. The average molecular weight is 316 g/mol. The summed E-state index contributed by atoms with van der Waals surface area (Å²) >= 11 is 0. The van der Waals surface area contributed by atoms with E-state index in [1.165, 1.54) is 7.11 Å². The number of rotatable bonds is 5. The van der Waals surface area contributed by atoms with Crippen molar-refractivity contribution in [1.82, 2.24) is 9.97 Å². The van der Waals surface area contributed by atoms with Crippen LogP contribution < -0.4 is 15.0 Å². The number of nitrogens with zero attached hydrogens (tertiary/aromatic N) is 3. The van der Waals surface area contributed by atoms with Crippen molar-refractivity contribution in [2.75, 3.05) is 30.4 Å². The van der Waals surface area contributed by atoms with E-state index >= 15 is 0 Å². The van der Waals surface area contributed by atoms with Crippen LogP contribution >= 0.6 is 0 Å². The molecular formula is C16H17FN4O2. The fourth-order valence-corrected chi connectivity index (χ4v) is 2.59. The molecule has 1 unspecified atom stereocenters. The quantitative estimate of drug-likeness (QED) is 0.915. The fraction of sp³-hybridized carbons (Fsp3) is 0.312. The molecule has 3 rings (SSSR count). The number of aromatic nitrogens is 2. The molecule has 2 aromatic rings. The Morgan fingerprint density at radius 1 is 1.39 bits per heavy atom. The average Bonchev–Trinajstić information content (AvgIpc) is 2.96. The third-order valence-electron chi connectivity index (χ3n) is 3.73. The van der Waals surface area contributed by atoms with Crippen LogP contribution in [0.5, 0.6) is 5.88 Å². The first-order valence-corrected chi connectivity index (χ1v) is 7.33. The normalized spacial score (nSPS) is 17.4. The minimum absolute atomic E-state index is 0.0978. The number of carbonyl (C=O) groups excluding carboxylic acids is 1. The number of halogens is 1. The Bertz CT molecular complexity index is 696. The number of benzene rings is 1. The number of methoxy groups -OCH3 is 1. The van der Waals surface area contributed by atoms with Gasteiger partial charge >= 0.3 is 0 Å². The molecule has 23 heavy (non-hydrogen) atoms. The lowest BCUT2D eigenvalue weighted by Gasteiger charge is -2.16. The number of hydrogen-bond acceptors (Lipinski definition) is 5. The molecule has 0 spiro atoms. The summed E-state index contributed by atoms with van der Waals surface area (Å²) in [5.41, 5.74) is 0.903. The molecule has 1 aliphatic heterocycles. The SMILES string of the molecule is COc1nc(NCC2CC(=O)N(c3ccccc3)C2)ncc1F. The molecule has 0 bridgehead atoms. The van der Waals surface area contributed by atoms with Crippen LogP contribution in [0.2, 0.25) is 0 Å². The van der Waals surface area contributed by atoms with Crippen molar-refractivity contribution in [3.8, 4) is 5.88 Å². The number of para-hydroxylation sites is 1. The summed E-state index contributed by atoms with van der Waals surface area (Å²) in [5, 5.41) is 3.03. The zero-order valence-electron chi connectivity index (χ0n) is 12.7. The van der Waals surface area contributed by atoms with Gasteiger partial charge in [0.05, 0.1) is 13.3 Å². The van der Waals surface area contributed by atoms with Crippen molar-refractivity contribution in [2.24, 2.45) is 5.92 Å². The number of nitrogens with one attached hydrogen (secondary N) is 1. The summed E-state index contributed by atoms with van der Waals surface area (Å²) < 4.78 is 18.1. The van der Waals surface area contributed by atoms with Crippen molar-refractivity contribution in [3.05, 3.63) is 42.3 Å². The van der Waals surface area contributed by atoms with Crippen LogP contribution in [-0.2, 0) is 4.79 Å². The second-order valence-corrected chi connectivity index (χ2v) is 5.34. The largest absolute Gasteiger partial charge is 0.479 e. The third-order valence-corrected chi connectivity index (χ3v) is 3.73. The molecule has 1 aromatic carbocycles. The molecule has 0 aliphatic carbocycles. The zero-order chi connectivity index (χ0) is 16.2. The molecule has 1 aliphatic rings. The monoisotopic (exact) mass is 316 g/mol. The number of ether oxygens (including phenoxy) is 1. The Kier molecular flexibility index (Phi) is 4.36. The smallest absolute Gasteiger partial charge is 0.255 e. The zero-order valence-corrected chi connectivity index (χ0v) is 12.7. The molecule has 2 heterocycles. The highest BCUT2D eigenvalue weighted by atomic mass is 19.1. The third kappa shape index (κ3) is 3.39. The molecule has 1 N–H and O–H groups in total. The van der Waals surface area contributed by atoms with Crippen molar-refractivity contribution in [3.63, 3.8) is 0 Å². The Balaban J connectivity index is 1.61. The van der Waals surface area contributed by atoms with E-state index in [1.54, 1.807) is 4.90 Å². The molecule has 7 heteroatoms. The fourth-order valence-electron chi connectivity index (χ4n) is 2.59. The van der Waals surface area contributed by atoms with Crippen LogP contribution in [0.3, 0.4) is 0 Å². The maximum Gasteiger partial charge on any atom is 0.255 e. The Labute approximate surface area is 133 Å². The molecule has 1 amide bonds. The van der Waals surface area contributed by atoms with Gasteiger partial charge in [0.1, 0.15) is 0 Å². The highest BCUT2D eigenvalue weighted by Gasteiger charge is 2.30. The van der Waals surface area contributed by atoms with Crippen molar-refractivity contribution in [2.45, 2.75) is 6.42 Å². The van der Waals surface area contributed by atoms with Crippen LogP contribution in [-0.4, -0.2) is 36.1 Å². The van der Waals surface area contributed by atoms with E-state index in [4.69, 9.17) is 4.74 Å². The summed E-state index contributed by atoms with van der Waals surface area (Å²) in [7, 11) is 1.35. The van der Waals surface area contributed by atoms with Gasteiger partial charge in [0.2, 0.25) is 17.7 Å². The van der Waals surface area contributed by atoms with E-state index < -0.39 is 5.82 Å². The van der Waals surface area contributed by atoms with E-state index in [2.05, 4.69) is 15.3 Å². The highest BCUT2D eigenvalue weighted by molar-refractivity contribution is 5.95. The van der Waals surface area contributed by atoms with Crippen molar-refractivity contribution < 1.29 is 13.9 Å². The maximum atomic E-state index is 13.3. The van der Waals surface area contributed by atoms with E-state index in [0.717, 1.165) is 11.9 Å². The van der Waals surface area contributed by atoms with Gasteiger partial charge in [-0.2, -0.15) is 9.37 Å². The van der Waals surface area contributed by atoms with E-state index in [9.17, 15) is 9.18 Å². The second-order valence-electron chi connectivity index (χ2n) is 5.34. The highest BCUT2D eigenvalue weighted by Crippen LogP contribution is 2.25. The molecule has 0 saturated carbocycles. The molecule has 1 saturated heterocycles. The van der Waals surface area contributed by atoms with Gasteiger partial charge in [-0.15, -0.1) is 0 Å². The number of carbonyl (C=O) groups is 1. The summed E-state index contributed by atoms with van der Waals surface area (Å²) in [6.45, 7) is 1.16. The van der Waals surface area contributed by atoms with Gasteiger partial charge in [-0.25, -0.2) is 4.98 Å². The molecule has 1 atom stereocenters. The van der Waals surface area contributed by atoms with Crippen LogP contribution in [0.4, 0.5) is 16.0 Å². The topological polar surface area (TPSA) is 67.3 Å². The van der Waals surface area contributed by atoms with Gasteiger partial charge < -0.3 is 15.0 Å². The second kappa shape index (κ2) is 6.60. The van der Waals surface area contributed by atoms with E-state index in [1.807, 2.05) is 30.3 Å². The molecule has 0 radical (unpaired) electrons. The molecule has 120 valence electrons. The predicted molar refractivity (Wildman–Crippen MR) is 83.9 cm³/mol. The molecule has 6 nitrogen and oxygen atoms in total. The molecule has 1 fully saturated rings. The maximum absolute atomic E-state index is 13.3. The van der Waals surface area contributed by atoms with E-state index in [0.29, 0.717) is 19.5 Å². The number of amides is 1. The summed E-state index contributed by atoms with van der Waals surface area (Å²) in [5.74, 6) is -0.183. The lowest BCUT2D eigenvalue weighted by atomic mass is 10.1. The minimum Gasteiger partial charge on any atom is -0.479 e. The van der Waals surface area contributed by atoms with Gasteiger partial charge in [0.15, 0.2) is 0 Å². The Morgan fingerprint density at radius 3 is 2.91 bits per heavy atom. The Morgan fingerprint density at radius 2 is 2.17 bits per heavy atom. The van der Waals surface area contributed by atoms with Gasteiger partial charge in [-0.05, 0) is 12.1 Å². The first-order chi connectivity index (χ1) is 11.2. The van der Waals surface area contributed by atoms with Crippen LogP contribution in [0.15, 0.2) is 36.5 Å². The van der Waals surface area contributed by atoms with Gasteiger partial charge in [-0.1, -0.05) is 18.2 Å². The van der Waals surface area contributed by atoms with Gasteiger partial charge in [-0.3, -0.25) is 4.79 Å². The van der Waals surface area contributed by atoms with Crippen molar-refractivity contribution in [1.29, 1.82) is 0 Å². The number of hydrogen-bond donors (Lipinski definition) is 1. The van der Waals surface area contributed by atoms with E-state index in [-0.39, 0.29) is 23.7 Å². The van der Waals surface area contributed by atoms with Crippen molar-refractivity contribution >= 4 is 17.5 Å². The Hall–Kier alpha value is -2.70. The molecular weight excluding hydrogens is 299 g/mol. The van der Waals surface area contributed by atoms with Crippen LogP contribution in [0.1, 0.15) is 6.42 Å². The van der Waals surface area contributed by atoms with Gasteiger partial charge in [0, 0.05) is 31.1 Å². The standard InChI is InChI=1S/C16H17FN4O2/c1-23-15-13(17)9-19-16(20-15)18-8-11-7-14(22)21(10-11)12-5-3-2-4-6-12/h2-6,9,11H,7-8,10H2,1H3,(H,18,19,20). The summed E-state index contributed by atoms with van der Waals surface area (Å²) in [6, 6.07) is 9.57. The van der Waals surface area contributed by atoms with Crippen LogP contribution in [0, 0.1) is 11.7 Å². The number of anilines is 2.